The van der Waals surface area contributed by atoms with E-state index in [1.54, 1.807) is 12.4 Å². The van der Waals surface area contributed by atoms with Gasteiger partial charge in [0.1, 0.15) is 17.5 Å². The van der Waals surface area contributed by atoms with Crippen LogP contribution in [0.1, 0.15) is 38.5 Å². The van der Waals surface area contributed by atoms with Crippen LogP contribution >= 0.6 is 23.2 Å². The van der Waals surface area contributed by atoms with Gasteiger partial charge < -0.3 is 4.74 Å². The van der Waals surface area contributed by atoms with Crippen molar-refractivity contribution in [3.05, 3.63) is 58.6 Å². The monoisotopic (exact) mass is 470 g/mol. The highest BCUT2D eigenvalue weighted by Crippen LogP contribution is 2.35. The molecular formula is C23H24Cl2N6O. The number of benzene rings is 1. The van der Waals surface area contributed by atoms with Gasteiger partial charge in [-0.1, -0.05) is 23.2 Å². The number of ether oxygens (including phenoxy) is 1. The summed E-state index contributed by atoms with van der Waals surface area (Å²) in [5.74, 6) is 0.704. The number of likely N-dealkylation sites (tertiary alicyclic amines) is 1. The topological polar surface area (TPSA) is 71.9 Å². The van der Waals surface area contributed by atoms with Crippen LogP contribution in [0.2, 0.25) is 10.0 Å². The zero-order valence-electron chi connectivity index (χ0n) is 18.1. The van der Waals surface area contributed by atoms with Gasteiger partial charge in [-0.3, -0.25) is 19.7 Å². The van der Waals surface area contributed by atoms with E-state index in [9.17, 15) is 0 Å². The Morgan fingerprint density at radius 3 is 2.56 bits per heavy atom. The lowest BCUT2D eigenvalue weighted by atomic mass is 10.1. The minimum Gasteiger partial charge on any atom is -0.486 e. The third kappa shape index (κ3) is 3.85. The Morgan fingerprint density at radius 2 is 1.84 bits per heavy atom. The first kappa shape index (κ1) is 21.2. The summed E-state index contributed by atoms with van der Waals surface area (Å²) < 4.78 is 8.22. The number of fused-ring (bicyclic) bond motifs is 1. The van der Waals surface area contributed by atoms with Gasteiger partial charge in [-0.25, -0.2) is 0 Å². The van der Waals surface area contributed by atoms with E-state index in [-0.39, 0.29) is 6.10 Å². The van der Waals surface area contributed by atoms with Crippen LogP contribution in [0.15, 0.2) is 43.0 Å². The minimum absolute atomic E-state index is 0.337. The molecule has 5 rings (SSSR count). The molecule has 166 valence electrons. The summed E-state index contributed by atoms with van der Waals surface area (Å²) in [5.41, 5.74) is 3.48. The summed E-state index contributed by atoms with van der Waals surface area (Å²) in [6.45, 7) is 8.40. The molecule has 1 atom stereocenters. The molecule has 0 amide bonds. The molecule has 0 spiro atoms. The summed E-state index contributed by atoms with van der Waals surface area (Å²) in [7, 11) is 0. The lowest BCUT2D eigenvalue weighted by Gasteiger charge is -2.41. The van der Waals surface area contributed by atoms with Crippen molar-refractivity contribution in [3.63, 3.8) is 0 Å². The van der Waals surface area contributed by atoms with Crippen molar-refractivity contribution in [3.8, 4) is 17.0 Å². The van der Waals surface area contributed by atoms with E-state index in [1.165, 1.54) is 0 Å². The molecule has 32 heavy (non-hydrogen) atoms. The summed E-state index contributed by atoms with van der Waals surface area (Å²) in [5, 5.41) is 14.2. The van der Waals surface area contributed by atoms with Crippen LogP contribution in [0.3, 0.4) is 0 Å². The van der Waals surface area contributed by atoms with Crippen molar-refractivity contribution in [1.82, 2.24) is 29.9 Å². The Morgan fingerprint density at radius 1 is 1.09 bits per heavy atom. The van der Waals surface area contributed by atoms with Crippen LogP contribution < -0.4 is 4.74 Å². The Hall–Kier alpha value is -2.61. The predicted octanol–water partition coefficient (Wildman–Crippen LogP) is 5.53. The molecule has 1 aliphatic rings. The van der Waals surface area contributed by atoms with E-state index in [0.29, 0.717) is 33.4 Å². The number of rotatable bonds is 6. The Kier molecular flexibility index (Phi) is 5.57. The number of aromatic nitrogens is 5. The second-order valence-corrected chi connectivity index (χ2v) is 9.28. The van der Waals surface area contributed by atoms with E-state index in [4.69, 9.17) is 27.9 Å². The van der Waals surface area contributed by atoms with Gasteiger partial charge in [0.05, 0.1) is 27.8 Å². The van der Waals surface area contributed by atoms with Crippen LogP contribution in [-0.2, 0) is 0 Å². The number of halogens is 2. The van der Waals surface area contributed by atoms with Gasteiger partial charge in [0.15, 0.2) is 0 Å². The van der Waals surface area contributed by atoms with E-state index in [0.717, 1.165) is 35.2 Å². The van der Waals surface area contributed by atoms with Crippen molar-refractivity contribution in [2.24, 2.45) is 0 Å². The summed E-state index contributed by atoms with van der Waals surface area (Å²) >= 11 is 12.6. The quantitative estimate of drug-likeness (QED) is 0.400. The van der Waals surface area contributed by atoms with E-state index >= 15 is 0 Å². The normalized spacial score (nSPS) is 15.9. The SMILES string of the molecule is CC(Oc1ccc2[nH]nc(-c3cnn(C4CN(C(C)C)C4)c3)c2c1)c1c(Cl)cncc1Cl. The first-order valence-electron chi connectivity index (χ1n) is 10.6. The average Bonchev–Trinajstić information content (AvgIpc) is 3.33. The molecule has 4 aromatic rings. The van der Waals surface area contributed by atoms with Crippen LogP contribution in [0.4, 0.5) is 0 Å². The molecule has 1 N–H and O–H groups in total. The fraction of sp³-hybridized carbons (Fsp3) is 0.348. The fourth-order valence-corrected chi connectivity index (χ4v) is 4.77. The predicted molar refractivity (Wildman–Crippen MR) is 126 cm³/mol. The molecule has 1 unspecified atom stereocenters. The van der Waals surface area contributed by atoms with Crippen molar-refractivity contribution in [2.75, 3.05) is 13.1 Å². The van der Waals surface area contributed by atoms with Crippen molar-refractivity contribution < 1.29 is 4.74 Å². The second-order valence-electron chi connectivity index (χ2n) is 8.47. The van der Waals surface area contributed by atoms with Crippen LogP contribution in [0.5, 0.6) is 5.75 Å². The summed E-state index contributed by atoms with van der Waals surface area (Å²) in [6, 6.07) is 6.82. The van der Waals surface area contributed by atoms with Gasteiger partial charge in [0.25, 0.3) is 0 Å². The standard InChI is InChI=1S/C23H24Cl2N6O/c1-13(2)30-11-16(12-30)31-10-15(7-27-31)23-18-6-17(4-5-21(18)28-29-23)32-14(3)22-19(24)8-26-9-20(22)25/h4-10,13-14,16H,11-12H2,1-3H3,(H,28,29). The maximum Gasteiger partial charge on any atom is 0.124 e. The van der Waals surface area contributed by atoms with Crippen molar-refractivity contribution in [2.45, 2.75) is 39.0 Å². The third-order valence-electron chi connectivity index (χ3n) is 6.01. The number of H-pyrrole nitrogens is 1. The Balaban J connectivity index is 1.39. The van der Waals surface area contributed by atoms with Gasteiger partial charge >= 0.3 is 0 Å². The molecule has 0 radical (unpaired) electrons. The van der Waals surface area contributed by atoms with Gasteiger partial charge in [-0.2, -0.15) is 10.2 Å². The van der Waals surface area contributed by atoms with Gasteiger partial charge in [0, 0.05) is 54.2 Å². The maximum atomic E-state index is 6.29. The zero-order valence-corrected chi connectivity index (χ0v) is 19.6. The minimum atomic E-state index is -0.337. The second kappa shape index (κ2) is 8.39. The lowest BCUT2D eigenvalue weighted by molar-refractivity contribution is 0.0675. The molecule has 0 saturated carbocycles. The van der Waals surface area contributed by atoms with Crippen LogP contribution in [-0.4, -0.2) is 49.0 Å². The highest BCUT2D eigenvalue weighted by molar-refractivity contribution is 6.35. The smallest absolute Gasteiger partial charge is 0.124 e. The molecule has 1 fully saturated rings. The summed E-state index contributed by atoms with van der Waals surface area (Å²) in [6.07, 6.45) is 6.75. The van der Waals surface area contributed by atoms with Crippen molar-refractivity contribution in [1.29, 1.82) is 0 Å². The van der Waals surface area contributed by atoms with Crippen LogP contribution in [0, 0.1) is 0 Å². The Labute approximate surface area is 196 Å². The number of hydrogen-bond acceptors (Lipinski definition) is 5. The molecule has 1 aliphatic heterocycles. The molecule has 1 saturated heterocycles. The fourth-order valence-electron chi connectivity index (χ4n) is 4.10. The maximum absolute atomic E-state index is 6.29. The highest BCUT2D eigenvalue weighted by atomic mass is 35.5. The first-order chi connectivity index (χ1) is 15.4. The zero-order chi connectivity index (χ0) is 22.4. The molecule has 0 aliphatic carbocycles. The van der Waals surface area contributed by atoms with Gasteiger partial charge in [-0.15, -0.1) is 0 Å². The number of aromatic amines is 1. The number of hydrogen-bond donors (Lipinski definition) is 1. The molecule has 7 nitrogen and oxygen atoms in total. The largest absolute Gasteiger partial charge is 0.486 e. The Bertz CT molecular complexity index is 1240. The van der Waals surface area contributed by atoms with Gasteiger partial charge in [-0.05, 0) is 39.0 Å². The van der Waals surface area contributed by atoms with E-state index in [1.807, 2.05) is 36.0 Å². The first-order valence-corrected chi connectivity index (χ1v) is 11.4. The molecule has 4 heterocycles. The third-order valence-corrected chi connectivity index (χ3v) is 6.62. The highest BCUT2D eigenvalue weighted by Gasteiger charge is 2.30. The average molecular weight is 471 g/mol. The number of nitrogens with one attached hydrogen (secondary N) is 1. The number of pyridine rings is 1. The van der Waals surface area contributed by atoms with E-state index < -0.39 is 0 Å². The van der Waals surface area contributed by atoms with Gasteiger partial charge in [0.2, 0.25) is 0 Å². The molecule has 3 aromatic heterocycles. The lowest BCUT2D eigenvalue weighted by Crippen LogP contribution is -2.50. The van der Waals surface area contributed by atoms with E-state index in [2.05, 4.69) is 45.2 Å². The number of nitrogens with zero attached hydrogens (tertiary/aromatic N) is 5. The van der Waals surface area contributed by atoms with Crippen molar-refractivity contribution >= 4 is 34.1 Å². The molecule has 1 aromatic carbocycles. The van der Waals surface area contributed by atoms with Crippen LogP contribution in [0.25, 0.3) is 22.2 Å². The summed E-state index contributed by atoms with van der Waals surface area (Å²) in [4.78, 5) is 6.44. The molecular weight excluding hydrogens is 447 g/mol. The molecule has 0 bridgehead atoms. The molecule has 9 heteroatoms.